The molecule has 1 aromatic carbocycles. The SMILES string of the molecule is CC(C)(C)c1ccc(C(=O)Nc2sc3c(c2C(=O)O)CCN(C(=O)CC2CCCC2)C3)cc1. The van der Waals surface area contributed by atoms with Gasteiger partial charge in [-0.1, -0.05) is 45.7 Å². The number of nitrogens with one attached hydrogen (secondary N) is 1. The van der Waals surface area contributed by atoms with Crippen LogP contribution in [-0.2, 0) is 23.2 Å². The van der Waals surface area contributed by atoms with Crippen molar-refractivity contribution in [2.45, 2.75) is 71.3 Å². The van der Waals surface area contributed by atoms with Crippen LogP contribution in [0.25, 0.3) is 0 Å². The molecule has 4 rings (SSSR count). The number of carboxylic acids is 1. The smallest absolute Gasteiger partial charge is 0.339 e. The molecule has 1 aliphatic carbocycles. The first-order valence-electron chi connectivity index (χ1n) is 11.7. The highest BCUT2D eigenvalue weighted by atomic mass is 32.1. The van der Waals surface area contributed by atoms with Crippen molar-refractivity contribution in [2.75, 3.05) is 11.9 Å². The predicted molar refractivity (Wildman–Crippen MR) is 130 cm³/mol. The third-order valence-corrected chi connectivity index (χ3v) is 7.93. The van der Waals surface area contributed by atoms with Gasteiger partial charge < -0.3 is 15.3 Å². The summed E-state index contributed by atoms with van der Waals surface area (Å²) in [5.41, 5.74) is 2.51. The van der Waals surface area contributed by atoms with Crippen molar-refractivity contribution in [3.05, 3.63) is 51.4 Å². The number of carbonyl (C=O) groups excluding carboxylic acids is 2. The lowest BCUT2D eigenvalue weighted by Crippen LogP contribution is -2.36. The summed E-state index contributed by atoms with van der Waals surface area (Å²) in [5, 5.41) is 13.0. The van der Waals surface area contributed by atoms with Gasteiger partial charge in [0.1, 0.15) is 5.00 Å². The highest BCUT2D eigenvalue weighted by Gasteiger charge is 2.31. The number of anilines is 1. The van der Waals surface area contributed by atoms with Gasteiger partial charge in [0.05, 0.1) is 12.1 Å². The first-order valence-corrected chi connectivity index (χ1v) is 12.5. The maximum atomic E-state index is 12.9. The van der Waals surface area contributed by atoms with E-state index < -0.39 is 5.97 Å². The Kier molecular flexibility index (Phi) is 6.61. The minimum absolute atomic E-state index is 0.0145. The van der Waals surface area contributed by atoms with Gasteiger partial charge in [-0.3, -0.25) is 9.59 Å². The zero-order valence-corrected chi connectivity index (χ0v) is 20.4. The molecular weight excluding hydrogens is 436 g/mol. The van der Waals surface area contributed by atoms with Gasteiger partial charge in [-0.05, 0) is 53.9 Å². The fourth-order valence-corrected chi connectivity index (χ4v) is 6.07. The van der Waals surface area contributed by atoms with Crippen molar-refractivity contribution in [2.24, 2.45) is 5.92 Å². The number of benzene rings is 1. The Morgan fingerprint density at radius 3 is 2.39 bits per heavy atom. The molecule has 1 saturated carbocycles. The van der Waals surface area contributed by atoms with Gasteiger partial charge >= 0.3 is 5.97 Å². The van der Waals surface area contributed by atoms with E-state index in [1.807, 2.05) is 17.0 Å². The topological polar surface area (TPSA) is 86.7 Å². The summed E-state index contributed by atoms with van der Waals surface area (Å²) in [5.74, 6) is -0.735. The summed E-state index contributed by atoms with van der Waals surface area (Å²) < 4.78 is 0. The average Bonchev–Trinajstić information content (AvgIpc) is 3.39. The Hall–Kier alpha value is -2.67. The second kappa shape index (κ2) is 9.29. The van der Waals surface area contributed by atoms with Crippen molar-refractivity contribution in [3.8, 4) is 0 Å². The van der Waals surface area contributed by atoms with Gasteiger partial charge in [0.25, 0.3) is 5.91 Å². The number of carboxylic acid groups (broad SMARTS) is 1. The minimum atomic E-state index is -1.04. The maximum Gasteiger partial charge on any atom is 0.339 e. The number of carbonyl (C=O) groups is 3. The summed E-state index contributed by atoms with van der Waals surface area (Å²) in [6, 6.07) is 7.40. The molecule has 7 heteroatoms. The van der Waals surface area contributed by atoms with Crippen LogP contribution in [0, 0.1) is 5.92 Å². The molecule has 1 aromatic heterocycles. The molecule has 2 amide bonds. The second-order valence-electron chi connectivity index (χ2n) is 10.2. The number of amides is 2. The number of thiophene rings is 1. The van der Waals surface area contributed by atoms with Crippen LogP contribution in [-0.4, -0.2) is 34.3 Å². The summed E-state index contributed by atoms with van der Waals surface area (Å²) in [6.45, 7) is 7.27. The molecule has 0 spiro atoms. The summed E-state index contributed by atoms with van der Waals surface area (Å²) in [7, 11) is 0. The summed E-state index contributed by atoms with van der Waals surface area (Å²) >= 11 is 1.28. The zero-order valence-electron chi connectivity index (χ0n) is 19.6. The van der Waals surface area contributed by atoms with Crippen molar-refractivity contribution in [1.29, 1.82) is 0 Å². The first kappa shape index (κ1) is 23.5. The number of fused-ring (bicyclic) bond motifs is 1. The van der Waals surface area contributed by atoms with Crippen LogP contribution in [0.3, 0.4) is 0 Å². The Balaban J connectivity index is 1.50. The lowest BCUT2D eigenvalue weighted by molar-refractivity contribution is -0.133. The molecule has 1 fully saturated rings. The van der Waals surface area contributed by atoms with Crippen LogP contribution in [0.4, 0.5) is 5.00 Å². The van der Waals surface area contributed by atoms with Crippen molar-refractivity contribution >= 4 is 34.1 Å². The van der Waals surface area contributed by atoms with Gasteiger partial charge in [0.2, 0.25) is 5.91 Å². The molecule has 176 valence electrons. The number of aromatic carboxylic acids is 1. The van der Waals surface area contributed by atoms with Crippen molar-refractivity contribution in [3.63, 3.8) is 0 Å². The van der Waals surface area contributed by atoms with Gasteiger partial charge in [-0.25, -0.2) is 4.79 Å². The molecule has 0 bridgehead atoms. The predicted octanol–water partition coefficient (Wildman–Crippen LogP) is 5.46. The van der Waals surface area contributed by atoms with E-state index in [9.17, 15) is 19.5 Å². The quantitative estimate of drug-likeness (QED) is 0.610. The monoisotopic (exact) mass is 468 g/mol. The van der Waals surface area contributed by atoms with E-state index in [4.69, 9.17) is 0 Å². The third kappa shape index (κ3) is 5.13. The molecule has 0 unspecified atom stereocenters. The van der Waals surface area contributed by atoms with Crippen molar-refractivity contribution < 1.29 is 19.5 Å². The lowest BCUT2D eigenvalue weighted by Gasteiger charge is -2.28. The Morgan fingerprint density at radius 2 is 1.79 bits per heavy atom. The van der Waals surface area contributed by atoms with E-state index in [-0.39, 0.29) is 22.8 Å². The molecule has 0 atom stereocenters. The van der Waals surface area contributed by atoms with Gasteiger partial charge in [-0.2, -0.15) is 0 Å². The maximum absolute atomic E-state index is 12.9. The van der Waals surface area contributed by atoms with Gasteiger partial charge in [-0.15, -0.1) is 11.3 Å². The van der Waals surface area contributed by atoms with Gasteiger partial charge in [0.15, 0.2) is 0 Å². The van der Waals surface area contributed by atoms with Crippen LogP contribution >= 0.6 is 11.3 Å². The number of rotatable bonds is 5. The minimum Gasteiger partial charge on any atom is -0.478 e. The standard InChI is InChI=1S/C26H32N2O4S/c1-26(2,3)18-10-8-17(9-11-18)23(30)27-24-22(25(31)32)19-12-13-28(15-20(19)33-24)21(29)14-16-6-4-5-7-16/h8-11,16H,4-7,12-15H2,1-3H3,(H,27,30)(H,31,32). The highest BCUT2D eigenvalue weighted by Crippen LogP contribution is 2.38. The Morgan fingerprint density at radius 1 is 1.12 bits per heavy atom. The number of hydrogen-bond acceptors (Lipinski definition) is 4. The molecule has 6 nitrogen and oxygen atoms in total. The number of nitrogens with zero attached hydrogens (tertiary/aromatic N) is 1. The molecule has 2 aromatic rings. The molecule has 0 radical (unpaired) electrons. The molecule has 2 N–H and O–H groups in total. The van der Waals surface area contributed by atoms with Crippen molar-refractivity contribution in [1.82, 2.24) is 4.90 Å². The summed E-state index contributed by atoms with van der Waals surface area (Å²) in [4.78, 5) is 40.4. The van der Waals surface area contributed by atoms with Crippen LogP contribution in [0.2, 0.25) is 0 Å². The van der Waals surface area contributed by atoms with E-state index in [2.05, 4.69) is 26.1 Å². The first-order chi connectivity index (χ1) is 15.6. The van der Waals surface area contributed by atoms with E-state index in [0.717, 1.165) is 28.8 Å². The van der Waals surface area contributed by atoms with E-state index in [1.165, 1.54) is 24.2 Å². The molecule has 2 aliphatic rings. The second-order valence-corrected chi connectivity index (χ2v) is 11.3. The molecule has 33 heavy (non-hydrogen) atoms. The van der Waals surface area contributed by atoms with E-state index >= 15 is 0 Å². The highest BCUT2D eigenvalue weighted by molar-refractivity contribution is 7.17. The van der Waals surface area contributed by atoms with Crippen LogP contribution < -0.4 is 5.32 Å². The average molecular weight is 469 g/mol. The Bertz CT molecular complexity index is 1060. The van der Waals surface area contributed by atoms with Crippen LogP contribution in [0.5, 0.6) is 0 Å². The Labute approximate surface area is 199 Å². The zero-order chi connectivity index (χ0) is 23.8. The lowest BCUT2D eigenvalue weighted by atomic mass is 9.87. The van der Waals surface area contributed by atoms with Gasteiger partial charge in [0, 0.05) is 23.4 Å². The molecule has 0 saturated heterocycles. The molecule has 1 aliphatic heterocycles. The van der Waals surface area contributed by atoms with Crippen LogP contribution in [0.1, 0.15) is 89.6 Å². The summed E-state index contributed by atoms with van der Waals surface area (Å²) in [6.07, 6.45) is 5.74. The molecular formula is C26H32N2O4S. The fraction of sp³-hybridized carbons (Fsp3) is 0.500. The largest absolute Gasteiger partial charge is 0.478 e. The third-order valence-electron chi connectivity index (χ3n) is 6.80. The molecule has 2 heterocycles. The fourth-order valence-electron chi connectivity index (χ4n) is 4.82. The van der Waals surface area contributed by atoms with Crippen LogP contribution in [0.15, 0.2) is 24.3 Å². The van der Waals surface area contributed by atoms with E-state index in [1.54, 1.807) is 12.1 Å². The van der Waals surface area contributed by atoms with E-state index in [0.29, 0.717) is 42.4 Å². The normalized spacial score (nSPS) is 16.5. The number of hydrogen-bond donors (Lipinski definition) is 2.